The van der Waals surface area contributed by atoms with Crippen LogP contribution in [0.5, 0.6) is 0 Å². The highest BCUT2D eigenvalue weighted by molar-refractivity contribution is 7.09. The minimum atomic E-state index is -0.914. The zero-order chi connectivity index (χ0) is 13.1. The van der Waals surface area contributed by atoms with Crippen LogP contribution in [-0.2, 0) is 13.1 Å². The Hall–Kier alpha value is -1.14. The Kier molecular flexibility index (Phi) is 4.47. The first-order chi connectivity index (χ1) is 7.84. The second-order valence-electron chi connectivity index (χ2n) is 4.80. The molecule has 0 spiro atoms. The first kappa shape index (κ1) is 13.9. The molecule has 0 radical (unpaired) electrons. The van der Waals surface area contributed by atoms with Crippen molar-refractivity contribution in [3.05, 3.63) is 16.1 Å². The van der Waals surface area contributed by atoms with Crippen molar-refractivity contribution in [2.75, 3.05) is 7.05 Å². The van der Waals surface area contributed by atoms with Crippen LogP contribution >= 0.6 is 11.3 Å². The molecule has 0 bridgehead atoms. The number of rotatable bonds is 4. The predicted octanol–water partition coefficient (Wildman–Crippen LogP) is 2.14. The Bertz CT molecular complexity index is 384. The van der Waals surface area contributed by atoms with Crippen LogP contribution in [0.4, 0.5) is 4.79 Å². The monoisotopic (exact) mass is 257 g/mol. The van der Waals surface area contributed by atoms with Crippen molar-refractivity contribution in [1.29, 1.82) is 0 Å². The van der Waals surface area contributed by atoms with Crippen molar-refractivity contribution in [3.63, 3.8) is 0 Å². The molecular weight excluding hydrogens is 238 g/mol. The molecule has 0 aromatic carbocycles. The maximum atomic E-state index is 11.2. The highest BCUT2D eigenvalue weighted by Gasteiger charge is 2.26. The summed E-state index contributed by atoms with van der Waals surface area (Å²) in [7, 11) is 1.86. The van der Waals surface area contributed by atoms with E-state index < -0.39 is 11.6 Å². The van der Waals surface area contributed by atoms with Crippen LogP contribution in [0.2, 0.25) is 0 Å². The van der Waals surface area contributed by atoms with Gasteiger partial charge in [-0.15, -0.1) is 11.3 Å². The summed E-state index contributed by atoms with van der Waals surface area (Å²) in [6.07, 6.45) is -0.914. The van der Waals surface area contributed by atoms with E-state index in [-0.39, 0.29) is 0 Å². The summed E-state index contributed by atoms with van der Waals surface area (Å²) in [6.45, 7) is 6.68. The average molecular weight is 257 g/mol. The number of hydrogen-bond acceptors (Lipinski definition) is 4. The van der Waals surface area contributed by atoms with E-state index >= 15 is 0 Å². The van der Waals surface area contributed by atoms with E-state index in [0.29, 0.717) is 13.1 Å². The van der Waals surface area contributed by atoms with Crippen molar-refractivity contribution in [2.24, 2.45) is 0 Å². The van der Waals surface area contributed by atoms with Crippen molar-refractivity contribution in [3.8, 4) is 0 Å². The normalized spacial score (nSPS) is 11.5. The van der Waals surface area contributed by atoms with Crippen LogP contribution in [0.15, 0.2) is 5.38 Å². The van der Waals surface area contributed by atoms with Gasteiger partial charge in [0.05, 0.1) is 12.2 Å². The molecule has 1 aromatic rings. The zero-order valence-electron chi connectivity index (χ0n) is 10.6. The molecule has 0 aliphatic heterocycles. The lowest BCUT2D eigenvalue weighted by molar-refractivity contribution is 0.0954. The molecule has 0 fully saturated rings. The molecule has 96 valence electrons. The van der Waals surface area contributed by atoms with Gasteiger partial charge in [0, 0.05) is 17.5 Å². The smallest absolute Gasteiger partial charge is 0.408 e. The van der Waals surface area contributed by atoms with Crippen molar-refractivity contribution in [2.45, 2.75) is 39.4 Å². The Morgan fingerprint density at radius 2 is 2.24 bits per heavy atom. The fourth-order valence-corrected chi connectivity index (χ4v) is 2.19. The Morgan fingerprint density at radius 1 is 1.59 bits per heavy atom. The van der Waals surface area contributed by atoms with Crippen LogP contribution < -0.4 is 5.32 Å². The highest BCUT2D eigenvalue weighted by Crippen LogP contribution is 2.19. The molecule has 17 heavy (non-hydrogen) atoms. The quantitative estimate of drug-likeness (QED) is 0.867. The molecule has 0 aliphatic rings. The molecule has 0 atom stereocenters. The summed E-state index contributed by atoms with van der Waals surface area (Å²) >= 11 is 1.50. The number of amides is 1. The lowest BCUT2D eigenvalue weighted by Gasteiger charge is -2.32. The van der Waals surface area contributed by atoms with Gasteiger partial charge in [-0.2, -0.15) is 0 Å². The summed E-state index contributed by atoms with van der Waals surface area (Å²) in [4.78, 5) is 17.0. The van der Waals surface area contributed by atoms with E-state index in [1.807, 2.05) is 33.2 Å². The molecule has 1 rings (SSSR count). The summed E-state index contributed by atoms with van der Waals surface area (Å²) in [5.41, 5.74) is 0.535. The lowest BCUT2D eigenvalue weighted by Crippen LogP contribution is -2.44. The van der Waals surface area contributed by atoms with E-state index in [2.05, 4.69) is 10.3 Å². The third-order valence-corrected chi connectivity index (χ3v) is 3.17. The van der Waals surface area contributed by atoms with Gasteiger partial charge in [-0.1, -0.05) is 0 Å². The Labute approximate surface area is 105 Å². The van der Waals surface area contributed by atoms with Gasteiger partial charge < -0.3 is 10.4 Å². The Balaban J connectivity index is 2.76. The molecule has 2 N–H and O–H groups in total. The lowest BCUT2D eigenvalue weighted by atomic mass is 10.1. The van der Waals surface area contributed by atoms with Gasteiger partial charge in [0.2, 0.25) is 0 Å². The molecule has 0 unspecified atom stereocenters. The van der Waals surface area contributed by atoms with Gasteiger partial charge in [-0.05, 0) is 27.8 Å². The van der Waals surface area contributed by atoms with Gasteiger partial charge in [0.1, 0.15) is 5.01 Å². The molecule has 6 heteroatoms. The predicted molar refractivity (Wildman–Crippen MR) is 68.2 cm³/mol. The molecule has 0 saturated heterocycles. The molecule has 5 nitrogen and oxygen atoms in total. The largest absolute Gasteiger partial charge is 0.465 e. The van der Waals surface area contributed by atoms with Crippen LogP contribution in [0.25, 0.3) is 0 Å². The zero-order valence-corrected chi connectivity index (χ0v) is 11.5. The van der Waals surface area contributed by atoms with Crippen LogP contribution in [0.1, 0.15) is 31.5 Å². The number of hydrogen-bond donors (Lipinski definition) is 2. The van der Waals surface area contributed by atoms with Crippen LogP contribution in [-0.4, -0.2) is 33.7 Å². The number of carbonyl (C=O) groups is 1. The fraction of sp³-hybridized carbons (Fsp3) is 0.636. The minimum absolute atomic E-state index is 0.340. The van der Waals surface area contributed by atoms with E-state index in [1.54, 1.807) is 0 Å². The van der Waals surface area contributed by atoms with E-state index in [1.165, 1.54) is 16.2 Å². The topological polar surface area (TPSA) is 65.5 Å². The van der Waals surface area contributed by atoms with Crippen molar-refractivity contribution >= 4 is 17.4 Å². The van der Waals surface area contributed by atoms with E-state index in [0.717, 1.165) is 10.7 Å². The van der Waals surface area contributed by atoms with Crippen LogP contribution in [0.3, 0.4) is 0 Å². The average Bonchev–Trinajstić information content (AvgIpc) is 2.60. The Morgan fingerprint density at radius 3 is 2.71 bits per heavy atom. The third kappa shape index (κ3) is 3.98. The standard InChI is InChI=1S/C11H19N3O2S/c1-11(2,3)14(10(15)16)6-9-13-8(5-12-4)7-17-9/h7,12H,5-6H2,1-4H3,(H,15,16). The van der Waals surface area contributed by atoms with Gasteiger partial charge in [0.15, 0.2) is 0 Å². The minimum Gasteiger partial charge on any atom is -0.465 e. The third-order valence-electron chi connectivity index (χ3n) is 2.29. The fourth-order valence-electron chi connectivity index (χ4n) is 1.41. The van der Waals surface area contributed by atoms with E-state index in [9.17, 15) is 9.90 Å². The van der Waals surface area contributed by atoms with Crippen molar-refractivity contribution in [1.82, 2.24) is 15.2 Å². The second-order valence-corrected chi connectivity index (χ2v) is 5.75. The second kappa shape index (κ2) is 5.46. The van der Waals surface area contributed by atoms with Crippen LogP contribution in [0, 0.1) is 0 Å². The SMILES string of the molecule is CNCc1csc(CN(C(=O)O)C(C)(C)C)n1. The number of aromatic nitrogens is 1. The first-order valence-electron chi connectivity index (χ1n) is 5.43. The number of thiazole rings is 1. The van der Waals surface area contributed by atoms with Gasteiger partial charge in [0.25, 0.3) is 0 Å². The summed E-state index contributed by atoms with van der Waals surface area (Å²) in [5, 5.41) is 15.0. The summed E-state index contributed by atoms with van der Waals surface area (Å²) < 4.78 is 0. The van der Waals surface area contributed by atoms with Gasteiger partial charge in [-0.25, -0.2) is 9.78 Å². The van der Waals surface area contributed by atoms with Gasteiger partial charge >= 0.3 is 6.09 Å². The molecule has 0 aliphatic carbocycles. The number of nitrogens with zero attached hydrogens (tertiary/aromatic N) is 2. The van der Waals surface area contributed by atoms with Crippen molar-refractivity contribution < 1.29 is 9.90 Å². The summed E-state index contributed by atoms with van der Waals surface area (Å²) in [6, 6.07) is 0. The first-order valence-corrected chi connectivity index (χ1v) is 6.31. The molecule has 1 amide bonds. The van der Waals surface area contributed by atoms with E-state index in [4.69, 9.17) is 0 Å². The molecule has 0 saturated carbocycles. The molecule has 1 heterocycles. The maximum absolute atomic E-state index is 11.2. The highest BCUT2D eigenvalue weighted by atomic mass is 32.1. The molecule has 1 aromatic heterocycles. The summed E-state index contributed by atoms with van der Waals surface area (Å²) in [5.74, 6) is 0. The number of carboxylic acid groups (broad SMARTS) is 1. The van der Waals surface area contributed by atoms with Gasteiger partial charge in [-0.3, -0.25) is 4.90 Å². The number of nitrogens with one attached hydrogen (secondary N) is 1. The maximum Gasteiger partial charge on any atom is 0.408 e. The molecular formula is C11H19N3O2S.